The molecule has 0 rings (SSSR count). The summed E-state index contributed by atoms with van der Waals surface area (Å²) >= 11 is 0. The molecule has 0 spiro atoms. The maximum Gasteiger partial charge on any atom is 0.320 e. The first-order valence-corrected chi connectivity index (χ1v) is 3.48. The molecule has 70 valence electrons. The number of hydrogen-bond donors (Lipinski definition) is 4. The minimum Gasteiger partial charge on any atom is -0.480 e. The SMILES string of the molecule is CC(CC(N)C(=O)O)NC(N)=O. The maximum absolute atomic E-state index is 10.3. The first-order valence-electron chi connectivity index (χ1n) is 3.48. The summed E-state index contributed by atoms with van der Waals surface area (Å²) in [6, 6.07) is -1.97. The van der Waals surface area contributed by atoms with E-state index in [-0.39, 0.29) is 12.5 Å². The summed E-state index contributed by atoms with van der Waals surface area (Å²) in [5.74, 6) is -1.09. The fourth-order valence-electron chi connectivity index (χ4n) is 0.783. The van der Waals surface area contributed by atoms with Crippen molar-refractivity contribution in [2.75, 3.05) is 0 Å². The lowest BCUT2D eigenvalue weighted by atomic mass is 10.1. The van der Waals surface area contributed by atoms with E-state index >= 15 is 0 Å². The quantitative estimate of drug-likeness (QED) is 0.431. The Kier molecular flexibility index (Phi) is 4.06. The van der Waals surface area contributed by atoms with Crippen LogP contribution in [0.2, 0.25) is 0 Å². The lowest BCUT2D eigenvalue weighted by Gasteiger charge is -2.13. The Morgan fingerprint density at radius 3 is 2.42 bits per heavy atom. The van der Waals surface area contributed by atoms with Crippen molar-refractivity contribution < 1.29 is 14.7 Å². The van der Waals surface area contributed by atoms with Gasteiger partial charge in [-0.15, -0.1) is 0 Å². The molecule has 0 bridgehead atoms. The highest BCUT2D eigenvalue weighted by atomic mass is 16.4. The molecule has 2 amide bonds. The number of aliphatic carboxylic acids is 1. The zero-order valence-electron chi connectivity index (χ0n) is 6.78. The number of hydrogen-bond acceptors (Lipinski definition) is 3. The van der Waals surface area contributed by atoms with Crippen LogP contribution in [0.25, 0.3) is 0 Å². The average Bonchev–Trinajstić information content (AvgIpc) is 1.84. The summed E-state index contributed by atoms with van der Waals surface area (Å²) in [7, 11) is 0. The third-order valence-corrected chi connectivity index (χ3v) is 1.31. The fraction of sp³-hybridized carbons (Fsp3) is 0.667. The summed E-state index contributed by atoms with van der Waals surface area (Å²) in [6.07, 6.45) is 0.165. The van der Waals surface area contributed by atoms with Gasteiger partial charge in [-0.25, -0.2) is 4.79 Å². The lowest BCUT2D eigenvalue weighted by Crippen LogP contribution is -2.42. The number of amides is 2. The molecule has 2 atom stereocenters. The smallest absolute Gasteiger partial charge is 0.320 e. The Labute approximate surface area is 69.9 Å². The van der Waals surface area contributed by atoms with Gasteiger partial charge in [0, 0.05) is 6.04 Å². The van der Waals surface area contributed by atoms with Crippen molar-refractivity contribution in [1.29, 1.82) is 0 Å². The normalized spacial score (nSPS) is 14.8. The van der Waals surface area contributed by atoms with Crippen molar-refractivity contribution in [3.05, 3.63) is 0 Å². The third kappa shape index (κ3) is 4.51. The molecule has 0 aliphatic rings. The monoisotopic (exact) mass is 175 g/mol. The molecule has 0 aromatic heterocycles. The molecular weight excluding hydrogens is 162 g/mol. The molecule has 0 aromatic carbocycles. The first-order chi connectivity index (χ1) is 5.43. The zero-order chi connectivity index (χ0) is 9.72. The van der Waals surface area contributed by atoms with Gasteiger partial charge in [0.2, 0.25) is 0 Å². The minimum absolute atomic E-state index is 0.165. The van der Waals surface area contributed by atoms with Crippen molar-refractivity contribution in [1.82, 2.24) is 5.32 Å². The van der Waals surface area contributed by atoms with E-state index in [1.807, 2.05) is 0 Å². The van der Waals surface area contributed by atoms with Crippen LogP contribution in [0.5, 0.6) is 0 Å². The second-order valence-corrected chi connectivity index (χ2v) is 2.59. The summed E-state index contributed by atoms with van der Waals surface area (Å²) in [4.78, 5) is 20.5. The average molecular weight is 175 g/mol. The van der Waals surface area contributed by atoms with Gasteiger partial charge in [0.25, 0.3) is 0 Å². The largest absolute Gasteiger partial charge is 0.480 e. The van der Waals surface area contributed by atoms with Gasteiger partial charge < -0.3 is 21.9 Å². The Morgan fingerprint density at radius 2 is 2.08 bits per heavy atom. The second-order valence-electron chi connectivity index (χ2n) is 2.59. The summed E-state index contributed by atoms with van der Waals surface area (Å²) in [5, 5.41) is 10.7. The molecule has 6 nitrogen and oxygen atoms in total. The van der Waals surface area contributed by atoms with E-state index in [1.54, 1.807) is 6.92 Å². The van der Waals surface area contributed by atoms with Crippen LogP contribution in [0.4, 0.5) is 4.79 Å². The van der Waals surface area contributed by atoms with E-state index in [2.05, 4.69) is 5.32 Å². The van der Waals surface area contributed by atoms with Crippen molar-refractivity contribution in [2.24, 2.45) is 11.5 Å². The van der Waals surface area contributed by atoms with Gasteiger partial charge >= 0.3 is 12.0 Å². The van der Waals surface area contributed by atoms with Crippen molar-refractivity contribution in [3.63, 3.8) is 0 Å². The number of rotatable bonds is 4. The van der Waals surface area contributed by atoms with E-state index < -0.39 is 18.0 Å². The Balaban J connectivity index is 3.76. The highest BCUT2D eigenvalue weighted by molar-refractivity contribution is 5.74. The number of urea groups is 1. The minimum atomic E-state index is -1.09. The molecule has 0 saturated carbocycles. The molecule has 0 heterocycles. The van der Waals surface area contributed by atoms with Crippen molar-refractivity contribution in [2.45, 2.75) is 25.4 Å². The number of nitrogens with one attached hydrogen (secondary N) is 1. The Bertz CT molecular complexity index is 183. The summed E-state index contributed by atoms with van der Waals surface area (Å²) in [5.41, 5.74) is 10.0. The van der Waals surface area contributed by atoms with E-state index in [4.69, 9.17) is 16.6 Å². The zero-order valence-corrected chi connectivity index (χ0v) is 6.78. The van der Waals surface area contributed by atoms with E-state index in [0.717, 1.165) is 0 Å². The molecule has 0 aromatic rings. The van der Waals surface area contributed by atoms with Gasteiger partial charge in [-0.1, -0.05) is 0 Å². The van der Waals surface area contributed by atoms with E-state index in [0.29, 0.717) is 0 Å². The number of primary amides is 1. The predicted molar refractivity (Wildman–Crippen MR) is 42.4 cm³/mol. The van der Waals surface area contributed by atoms with Gasteiger partial charge in [-0.2, -0.15) is 0 Å². The van der Waals surface area contributed by atoms with Crippen LogP contribution in [0.1, 0.15) is 13.3 Å². The van der Waals surface area contributed by atoms with Gasteiger partial charge in [0.05, 0.1) is 0 Å². The first kappa shape index (κ1) is 10.7. The Morgan fingerprint density at radius 1 is 1.58 bits per heavy atom. The van der Waals surface area contributed by atoms with Crippen LogP contribution >= 0.6 is 0 Å². The molecule has 6 heteroatoms. The number of carboxylic acids is 1. The molecule has 0 radical (unpaired) electrons. The second kappa shape index (κ2) is 4.55. The van der Waals surface area contributed by atoms with Gasteiger partial charge in [-0.3, -0.25) is 4.79 Å². The third-order valence-electron chi connectivity index (χ3n) is 1.31. The van der Waals surface area contributed by atoms with Crippen LogP contribution in [-0.2, 0) is 4.79 Å². The standard InChI is InChI=1S/C6H13N3O3/c1-3(9-6(8)12)2-4(7)5(10)11/h3-4H,2,7H2,1H3,(H,10,11)(H3,8,9,12). The number of nitrogens with two attached hydrogens (primary N) is 2. The van der Waals surface area contributed by atoms with Crippen molar-refractivity contribution >= 4 is 12.0 Å². The molecule has 6 N–H and O–H groups in total. The highest BCUT2D eigenvalue weighted by Crippen LogP contribution is 1.94. The highest BCUT2D eigenvalue weighted by Gasteiger charge is 2.15. The van der Waals surface area contributed by atoms with Crippen LogP contribution in [0.3, 0.4) is 0 Å². The van der Waals surface area contributed by atoms with Gasteiger partial charge in [0.1, 0.15) is 6.04 Å². The summed E-state index contributed by atoms with van der Waals surface area (Å²) < 4.78 is 0. The molecule has 0 aliphatic heterocycles. The molecular formula is C6H13N3O3. The Hall–Kier alpha value is -1.30. The van der Waals surface area contributed by atoms with Crippen LogP contribution in [0.15, 0.2) is 0 Å². The predicted octanol–water partition coefficient (Wildman–Crippen LogP) is -1.15. The molecule has 12 heavy (non-hydrogen) atoms. The van der Waals surface area contributed by atoms with Gasteiger partial charge in [-0.05, 0) is 13.3 Å². The molecule has 0 fully saturated rings. The fourth-order valence-corrected chi connectivity index (χ4v) is 0.783. The van der Waals surface area contributed by atoms with Crippen molar-refractivity contribution in [3.8, 4) is 0 Å². The number of carbonyl (C=O) groups excluding carboxylic acids is 1. The van der Waals surface area contributed by atoms with Gasteiger partial charge in [0.15, 0.2) is 0 Å². The molecule has 0 aliphatic carbocycles. The van der Waals surface area contributed by atoms with E-state index in [1.165, 1.54) is 0 Å². The molecule has 2 unspecified atom stereocenters. The maximum atomic E-state index is 10.3. The number of carboxylic acid groups (broad SMARTS) is 1. The summed E-state index contributed by atoms with van der Waals surface area (Å²) in [6.45, 7) is 1.63. The van der Waals surface area contributed by atoms with E-state index in [9.17, 15) is 9.59 Å². The van der Waals surface area contributed by atoms with Crippen LogP contribution < -0.4 is 16.8 Å². The molecule has 0 saturated heterocycles. The van der Waals surface area contributed by atoms with Crippen LogP contribution in [-0.4, -0.2) is 29.2 Å². The van der Waals surface area contributed by atoms with Crippen LogP contribution in [0, 0.1) is 0 Å². The number of carbonyl (C=O) groups is 2. The topological polar surface area (TPSA) is 118 Å². The lowest BCUT2D eigenvalue weighted by molar-refractivity contribution is -0.138.